The maximum atomic E-state index is 6.26. The lowest BCUT2D eigenvalue weighted by Gasteiger charge is -2.22. The summed E-state index contributed by atoms with van der Waals surface area (Å²) >= 11 is 6.26. The van der Waals surface area contributed by atoms with Gasteiger partial charge in [-0.2, -0.15) is 5.10 Å². The Kier molecular flexibility index (Phi) is 6.12. The molecule has 0 bridgehead atoms. The van der Waals surface area contributed by atoms with Gasteiger partial charge in [-0.1, -0.05) is 18.5 Å². The molecule has 1 atom stereocenters. The second-order valence-corrected chi connectivity index (χ2v) is 5.32. The van der Waals surface area contributed by atoms with Gasteiger partial charge in [0.25, 0.3) is 0 Å². The summed E-state index contributed by atoms with van der Waals surface area (Å²) in [5.41, 5.74) is 1.01. The van der Waals surface area contributed by atoms with E-state index in [1.165, 1.54) is 0 Å². The normalized spacial score (nSPS) is 13.6. The predicted octanol–water partition coefficient (Wildman–Crippen LogP) is 3.19. The quantitative estimate of drug-likeness (QED) is 0.829. The molecule has 0 saturated carbocycles. The van der Waals surface area contributed by atoms with E-state index in [0.29, 0.717) is 11.6 Å². The molecule has 0 fully saturated rings. The Labute approximate surface area is 115 Å². The molecule has 0 aliphatic rings. The lowest BCUT2D eigenvalue weighted by atomic mass is 10.2. The summed E-state index contributed by atoms with van der Waals surface area (Å²) in [5.74, 6) is 0. The zero-order chi connectivity index (χ0) is 13.7. The second kappa shape index (κ2) is 7.12. The van der Waals surface area contributed by atoms with Gasteiger partial charge in [-0.05, 0) is 34.2 Å². The van der Waals surface area contributed by atoms with Crippen molar-refractivity contribution in [2.75, 3.05) is 13.2 Å². The maximum absolute atomic E-state index is 6.26. The van der Waals surface area contributed by atoms with Crippen molar-refractivity contribution in [2.45, 2.75) is 52.8 Å². The Morgan fingerprint density at radius 2 is 2.06 bits per heavy atom. The van der Waals surface area contributed by atoms with Crippen molar-refractivity contribution in [1.82, 2.24) is 15.1 Å². The van der Waals surface area contributed by atoms with Crippen LogP contribution >= 0.6 is 11.6 Å². The van der Waals surface area contributed by atoms with Gasteiger partial charge in [0.2, 0.25) is 0 Å². The van der Waals surface area contributed by atoms with Crippen LogP contribution in [0.1, 0.15) is 52.4 Å². The van der Waals surface area contributed by atoms with E-state index in [9.17, 15) is 0 Å². The predicted molar refractivity (Wildman–Crippen MR) is 75.1 cm³/mol. The highest BCUT2D eigenvalue weighted by Crippen LogP contribution is 2.26. The van der Waals surface area contributed by atoms with Crippen LogP contribution in [0.15, 0.2) is 6.20 Å². The molecule has 0 radical (unpaired) electrons. The SMILES string of the molecule is CCNC(COC(C)C)c1c(Cl)cnn1C(C)C. The van der Waals surface area contributed by atoms with Crippen molar-refractivity contribution >= 4 is 11.6 Å². The van der Waals surface area contributed by atoms with Crippen LogP contribution in [0, 0.1) is 0 Å². The van der Waals surface area contributed by atoms with E-state index in [2.05, 4.69) is 31.2 Å². The maximum Gasteiger partial charge on any atom is 0.0835 e. The van der Waals surface area contributed by atoms with Crippen molar-refractivity contribution in [3.8, 4) is 0 Å². The summed E-state index contributed by atoms with van der Waals surface area (Å²) in [7, 11) is 0. The summed E-state index contributed by atoms with van der Waals surface area (Å²) in [6.07, 6.45) is 1.91. The van der Waals surface area contributed by atoms with Gasteiger partial charge < -0.3 is 10.1 Å². The smallest absolute Gasteiger partial charge is 0.0835 e. The first-order chi connectivity index (χ1) is 8.47. The number of hydrogen-bond donors (Lipinski definition) is 1. The molecule has 1 aromatic heterocycles. The van der Waals surface area contributed by atoms with Crippen molar-refractivity contribution in [3.63, 3.8) is 0 Å². The van der Waals surface area contributed by atoms with E-state index in [0.717, 1.165) is 12.2 Å². The van der Waals surface area contributed by atoms with Crippen molar-refractivity contribution < 1.29 is 4.74 Å². The highest BCUT2D eigenvalue weighted by atomic mass is 35.5. The Morgan fingerprint density at radius 3 is 2.56 bits per heavy atom. The lowest BCUT2D eigenvalue weighted by molar-refractivity contribution is 0.0595. The molecule has 1 unspecified atom stereocenters. The molecule has 1 aromatic rings. The molecule has 18 heavy (non-hydrogen) atoms. The van der Waals surface area contributed by atoms with Crippen LogP contribution < -0.4 is 5.32 Å². The molecule has 0 spiro atoms. The van der Waals surface area contributed by atoms with Gasteiger partial charge >= 0.3 is 0 Å². The number of aromatic nitrogens is 2. The zero-order valence-electron chi connectivity index (χ0n) is 11.9. The van der Waals surface area contributed by atoms with Crippen LogP contribution in [-0.4, -0.2) is 29.0 Å². The van der Waals surface area contributed by atoms with Crippen molar-refractivity contribution in [3.05, 3.63) is 16.9 Å². The first-order valence-electron chi connectivity index (χ1n) is 6.55. The number of nitrogens with zero attached hydrogens (tertiary/aromatic N) is 2. The van der Waals surface area contributed by atoms with E-state index >= 15 is 0 Å². The molecule has 0 saturated heterocycles. The summed E-state index contributed by atoms with van der Waals surface area (Å²) in [6.45, 7) is 11.8. The third kappa shape index (κ3) is 3.97. The molecule has 1 rings (SSSR count). The molecular formula is C13H24ClN3O. The van der Waals surface area contributed by atoms with Crippen LogP contribution in [0.4, 0.5) is 0 Å². The minimum atomic E-state index is 0.0785. The number of rotatable bonds is 7. The number of halogens is 1. The van der Waals surface area contributed by atoms with E-state index in [-0.39, 0.29) is 18.2 Å². The third-order valence-corrected chi connectivity index (χ3v) is 2.94. The van der Waals surface area contributed by atoms with E-state index in [4.69, 9.17) is 16.3 Å². The van der Waals surface area contributed by atoms with Gasteiger partial charge in [0.1, 0.15) is 0 Å². The van der Waals surface area contributed by atoms with Gasteiger partial charge in [0, 0.05) is 6.04 Å². The fourth-order valence-corrected chi connectivity index (χ4v) is 2.12. The Hall–Kier alpha value is -0.580. The Bertz CT molecular complexity index is 363. The molecule has 104 valence electrons. The van der Waals surface area contributed by atoms with Crippen LogP contribution in [0.5, 0.6) is 0 Å². The van der Waals surface area contributed by atoms with Gasteiger partial charge in [0.05, 0.1) is 35.7 Å². The van der Waals surface area contributed by atoms with Crippen LogP contribution in [-0.2, 0) is 4.74 Å². The monoisotopic (exact) mass is 273 g/mol. The Balaban J connectivity index is 2.93. The average Bonchev–Trinajstić information content (AvgIpc) is 2.66. The molecule has 0 aromatic carbocycles. The van der Waals surface area contributed by atoms with Crippen LogP contribution in [0.2, 0.25) is 5.02 Å². The first kappa shape index (κ1) is 15.5. The molecular weight excluding hydrogens is 250 g/mol. The minimum Gasteiger partial charge on any atom is -0.377 e. The van der Waals surface area contributed by atoms with Crippen molar-refractivity contribution in [2.24, 2.45) is 0 Å². The molecule has 1 heterocycles. The molecule has 0 aliphatic carbocycles. The molecule has 5 heteroatoms. The molecule has 0 amide bonds. The summed E-state index contributed by atoms with van der Waals surface area (Å²) in [6, 6.07) is 0.363. The highest BCUT2D eigenvalue weighted by molar-refractivity contribution is 6.31. The fraction of sp³-hybridized carbons (Fsp3) is 0.769. The fourth-order valence-electron chi connectivity index (χ4n) is 1.86. The van der Waals surface area contributed by atoms with Gasteiger partial charge in [0.15, 0.2) is 0 Å². The zero-order valence-corrected chi connectivity index (χ0v) is 12.7. The Morgan fingerprint density at radius 1 is 1.39 bits per heavy atom. The topological polar surface area (TPSA) is 39.1 Å². The largest absolute Gasteiger partial charge is 0.377 e. The highest BCUT2D eigenvalue weighted by Gasteiger charge is 2.21. The molecule has 1 N–H and O–H groups in total. The molecule has 0 aliphatic heterocycles. The number of nitrogens with one attached hydrogen (secondary N) is 1. The van der Waals surface area contributed by atoms with E-state index < -0.39 is 0 Å². The van der Waals surface area contributed by atoms with E-state index in [1.54, 1.807) is 6.20 Å². The lowest BCUT2D eigenvalue weighted by Crippen LogP contribution is -2.29. The van der Waals surface area contributed by atoms with Crippen LogP contribution in [0.25, 0.3) is 0 Å². The van der Waals surface area contributed by atoms with Crippen molar-refractivity contribution in [1.29, 1.82) is 0 Å². The summed E-state index contributed by atoms with van der Waals surface area (Å²) < 4.78 is 7.67. The average molecular weight is 274 g/mol. The summed E-state index contributed by atoms with van der Waals surface area (Å²) in [4.78, 5) is 0. The number of likely N-dealkylation sites (N-methyl/N-ethyl adjacent to an activating group) is 1. The second-order valence-electron chi connectivity index (χ2n) is 4.91. The van der Waals surface area contributed by atoms with Gasteiger partial charge in [-0.3, -0.25) is 4.68 Å². The van der Waals surface area contributed by atoms with E-state index in [1.807, 2.05) is 18.5 Å². The van der Waals surface area contributed by atoms with Crippen LogP contribution in [0.3, 0.4) is 0 Å². The van der Waals surface area contributed by atoms with Gasteiger partial charge in [-0.15, -0.1) is 0 Å². The minimum absolute atomic E-state index is 0.0785. The third-order valence-electron chi connectivity index (χ3n) is 2.65. The number of hydrogen-bond acceptors (Lipinski definition) is 3. The first-order valence-corrected chi connectivity index (χ1v) is 6.93. The number of ether oxygens (including phenoxy) is 1. The summed E-state index contributed by atoms with van der Waals surface area (Å²) in [5, 5.41) is 8.44. The molecule has 4 nitrogen and oxygen atoms in total. The van der Waals surface area contributed by atoms with Gasteiger partial charge in [-0.25, -0.2) is 0 Å². The standard InChI is InChI=1S/C13H24ClN3O/c1-6-15-12(8-18-10(4)5)13-11(14)7-16-17(13)9(2)3/h7,9-10,12,15H,6,8H2,1-5H3.